The normalized spacial score (nSPS) is 11.5. The molecule has 2 heterocycles. The molecule has 0 saturated carbocycles. The summed E-state index contributed by atoms with van der Waals surface area (Å²) in [5.41, 5.74) is 17.5. The summed E-state index contributed by atoms with van der Waals surface area (Å²) < 4.78 is 13.9. The summed E-state index contributed by atoms with van der Waals surface area (Å²) in [4.78, 5) is 2.39. The average molecular weight is 806 g/mol. The van der Waals surface area contributed by atoms with Crippen LogP contribution in [0.4, 0.5) is 17.1 Å². The van der Waals surface area contributed by atoms with E-state index in [1.807, 2.05) is 6.07 Å². The highest BCUT2D eigenvalue weighted by Crippen LogP contribution is 2.49. The first-order valence-corrected chi connectivity index (χ1v) is 21.4. The highest BCUT2D eigenvalue weighted by Gasteiger charge is 2.24. The molecule has 0 fully saturated rings. The van der Waals surface area contributed by atoms with Gasteiger partial charge in [-0.25, -0.2) is 0 Å². The Balaban J connectivity index is 1.14. The van der Waals surface area contributed by atoms with Crippen LogP contribution in [0.15, 0.2) is 245 Å². The topological polar surface area (TPSA) is 29.5 Å². The summed E-state index contributed by atoms with van der Waals surface area (Å²) in [5, 5.41) is 4.24. The molecule has 0 bridgehead atoms. The molecular weight excluding hydrogens is 767 g/mol. The number of furan rings is 2. The number of anilines is 3. The molecule has 0 atom stereocenters. The molecule has 12 aromatic rings. The van der Waals surface area contributed by atoms with Crippen molar-refractivity contribution in [1.29, 1.82) is 0 Å². The fraction of sp³-hybridized carbons (Fsp3) is 0. The maximum Gasteiger partial charge on any atom is 0.145 e. The van der Waals surface area contributed by atoms with E-state index in [-0.39, 0.29) is 0 Å². The first kappa shape index (κ1) is 36.5. The highest BCUT2D eigenvalue weighted by molar-refractivity contribution is 6.18. The number of rotatable bonds is 8. The van der Waals surface area contributed by atoms with E-state index < -0.39 is 0 Å². The molecule has 10 aromatic carbocycles. The molecular formula is C60H39NO2. The Hall–Kier alpha value is -8.40. The van der Waals surface area contributed by atoms with Crippen molar-refractivity contribution in [2.24, 2.45) is 0 Å². The van der Waals surface area contributed by atoms with Gasteiger partial charge in [0.15, 0.2) is 0 Å². The second kappa shape index (κ2) is 15.3. The van der Waals surface area contributed by atoms with Crippen LogP contribution in [0.3, 0.4) is 0 Å². The number of hydrogen-bond donors (Lipinski definition) is 0. The van der Waals surface area contributed by atoms with Gasteiger partial charge in [-0.1, -0.05) is 164 Å². The van der Waals surface area contributed by atoms with Crippen molar-refractivity contribution in [3.8, 4) is 55.6 Å². The fourth-order valence-corrected chi connectivity index (χ4v) is 9.18. The third-order valence-electron chi connectivity index (χ3n) is 12.2. The molecule has 0 aliphatic heterocycles. The molecule has 296 valence electrons. The van der Waals surface area contributed by atoms with Crippen molar-refractivity contribution in [3.05, 3.63) is 237 Å². The second-order valence-corrected chi connectivity index (χ2v) is 16.1. The monoisotopic (exact) mass is 805 g/mol. The molecule has 0 amide bonds. The summed E-state index contributed by atoms with van der Waals surface area (Å²) in [6, 6.07) is 84.0. The Morgan fingerprint density at radius 3 is 1.25 bits per heavy atom. The Kier molecular flexibility index (Phi) is 8.83. The van der Waals surface area contributed by atoms with Gasteiger partial charge in [0.1, 0.15) is 22.3 Å². The zero-order valence-corrected chi connectivity index (χ0v) is 34.3. The standard InChI is InChI=1S/C60H39NO2/c1-6-16-40(17-7-1)45-26-29-52-53-31-28-49(39-58(53)62-56(52)37-45)61(50-35-47(42-20-10-3-11-21-42)34-48(36-50)43-22-12-4-13-23-43)55-33-32-51(44-24-14-5-15-25-44)60-59(55)54-30-27-46(38-57(54)63-60)41-18-8-2-9-19-41/h1-39H. The van der Waals surface area contributed by atoms with Gasteiger partial charge in [-0.3, -0.25) is 0 Å². The van der Waals surface area contributed by atoms with Crippen LogP contribution in [0.5, 0.6) is 0 Å². The number of benzene rings is 10. The summed E-state index contributed by atoms with van der Waals surface area (Å²) in [6.07, 6.45) is 0. The van der Waals surface area contributed by atoms with Crippen LogP contribution >= 0.6 is 0 Å². The molecule has 3 nitrogen and oxygen atoms in total. The zero-order chi connectivity index (χ0) is 41.7. The van der Waals surface area contributed by atoms with E-state index in [2.05, 4.69) is 235 Å². The van der Waals surface area contributed by atoms with Crippen LogP contribution < -0.4 is 4.90 Å². The average Bonchev–Trinajstić information content (AvgIpc) is 3.93. The fourth-order valence-electron chi connectivity index (χ4n) is 9.18. The van der Waals surface area contributed by atoms with Gasteiger partial charge in [-0.2, -0.15) is 0 Å². The van der Waals surface area contributed by atoms with E-state index in [4.69, 9.17) is 8.83 Å². The van der Waals surface area contributed by atoms with Crippen LogP contribution in [0.1, 0.15) is 0 Å². The molecule has 0 N–H and O–H groups in total. The Labute approximate surface area is 365 Å². The molecule has 2 aromatic heterocycles. The van der Waals surface area contributed by atoms with E-state index in [0.29, 0.717) is 0 Å². The third kappa shape index (κ3) is 6.55. The lowest BCUT2D eigenvalue weighted by atomic mass is 9.96. The van der Waals surface area contributed by atoms with Gasteiger partial charge in [0, 0.05) is 39.2 Å². The quantitative estimate of drug-likeness (QED) is 0.153. The third-order valence-corrected chi connectivity index (χ3v) is 12.2. The number of nitrogens with zero attached hydrogens (tertiary/aromatic N) is 1. The van der Waals surface area contributed by atoms with Crippen molar-refractivity contribution in [2.75, 3.05) is 4.90 Å². The molecule has 3 heteroatoms. The Bertz CT molecular complexity index is 3540. The molecule has 0 unspecified atom stereocenters. The van der Waals surface area contributed by atoms with Crippen LogP contribution in [-0.4, -0.2) is 0 Å². The van der Waals surface area contributed by atoms with Gasteiger partial charge in [-0.05, 0) is 117 Å². The van der Waals surface area contributed by atoms with Crippen molar-refractivity contribution in [1.82, 2.24) is 0 Å². The first-order valence-electron chi connectivity index (χ1n) is 21.4. The van der Waals surface area contributed by atoms with E-state index in [1.54, 1.807) is 0 Å². The van der Waals surface area contributed by atoms with Gasteiger partial charge in [-0.15, -0.1) is 0 Å². The van der Waals surface area contributed by atoms with Crippen LogP contribution in [0.2, 0.25) is 0 Å². The molecule has 0 saturated heterocycles. The zero-order valence-electron chi connectivity index (χ0n) is 34.3. The lowest BCUT2D eigenvalue weighted by Crippen LogP contribution is -2.11. The van der Waals surface area contributed by atoms with E-state index in [0.717, 1.165) is 117 Å². The SMILES string of the molecule is c1ccc(-c2cc(-c3ccccc3)cc(N(c3ccc4c(c3)oc3cc(-c5ccccc5)ccc34)c3ccc(-c4ccccc4)c4oc5cc(-c6ccccc6)ccc5c34)c2)cc1. The maximum atomic E-state index is 7.06. The maximum absolute atomic E-state index is 7.06. The number of hydrogen-bond acceptors (Lipinski definition) is 3. The minimum Gasteiger partial charge on any atom is -0.456 e. The molecule has 12 rings (SSSR count). The Morgan fingerprint density at radius 2 is 0.714 bits per heavy atom. The highest BCUT2D eigenvalue weighted by atomic mass is 16.3. The summed E-state index contributed by atoms with van der Waals surface area (Å²) in [6.45, 7) is 0. The Morgan fingerprint density at radius 1 is 0.270 bits per heavy atom. The smallest absolute Gasteiger partial charge is 0.145 e. The van der Waals surface area contributed by atoms with E-state index >= 15 is 0 Å². The predicted molar refractivity (Wildman–Crippen MR) is 263 cm³/mol. The summed E-state index contributed by atoms with van der Waals surface area (Å²) in [5.74, 6) is 0. The van der Waals surface area contributed by atoms with Gasteiger partial charge in [0.2, 0.25) is 0 Å². The second-order valence-electron chi connectivity index (χ2n) is 16.1. The van der Waals surface area contributed by atoms with Gasteiger partial charge in [0.05, 0.1) is 11.1 Å². The number of fused-ring (bicyclic) bond motifs is 6. The van der Waals surface area contributed by atoms with E-state index in [9.17, 15) is 0 Å². The first-order chi connectivity index (χ1) is 31.2. The molecule has 0 radical (unpaired) electrons. The van der Waals surface area contributed by atoms with Gasteiger partial charge >= 0.3 is 0 Å². The summed E-state index contributed by atoms with van der Waals surface area (Å²) in [7, 11) is 0. The largest absolute Gasteiger partial charge is 0.456 e. The molecule has 0 spiro atoms. The van der Waals surface area contributed by atoms with Gasteiger partial charge < -0.3 is 13.7 Å². The van der Waals surface area contributed by atoms with E-state index in [1.165, 1.54) is 0 Å². The molecule has 0 aliphatic carbocycles. The lowest BCUT2D eigenvalue weighted by Gasteiger charge is -2.28. The van der Waals surface area contributed by atoms with Crippen LogP contribution in [0.25, 0.3) is 99.5 Å². The molecule has 0 aliphatic rings. The van der Waals surface area contributed by atoms with Crippen LogP contribution in [0, 0.1) is 0 Å². The van der Waals surface area contributed by atoms with Crippen molar-refractivity contribution in [3.63, 3.8) is 0 Å². The summed E-state index contributed by atoms with van der Waals surface area (Å²) >= 11 is 0. The van der Waals surface area contributed by atoms with Gasteiger partial charge in [0.25, 0.3) is 0 Å². The van der Waals surface area contributed by atoms with Crippen LogP contribution in [-0.2, 0) is 0 Å². The van der Waals surface area contributed by atoms with Crippen molar-refractivity contribution >= 4 is 60.9 Å². The minimum absolute atomic E-state index is 0.821. The predicted octanol–water partition coefficient (Wildman–Crippen LogP) is 17.3. The minimum atomic E-state index is 0.821. The van der Waals surface area contributed by atoms with Crippen molar-refractivity contribution in [2.45, 2.75) is 0 Å². The van der Waals surface area contributed by atoms with Crippen molar-refractivity contribution < 1.29 is 8.83 Å². The lowest BCUT2D eigenvalue weighted by molar-refractivity contribution is 0.669. The molecule has 63 heavy (non-hydrogen) atoms.